The number of ether oxygens (including phenoxy) is 1. The predicted octanol–water partition coefficient (Wildman–Crippen LogP) is 1.74. The van der Waals surface area contributed by atoms with Crippen LogP contribution in [0.5, 0.6) is 0 Å². The van der Waals surface area contributed by atoms with Gasteiger partial charge in [-0.2, -0.15) is 0 Å². The molecule has 3 nitrogen and oxygen atoms in total. The maximum atomic E-state index is 11.8. The van der Waals surface area contributed by atoms with E-state index in [0.29, 0.717) is 18.3 Å². The molecule has 1 saturated heterocycles. The summed E-state index contributed by atoms with van der Waals surface area (Å²) in [5, 5.41) is -0.363. The molecule has 0 saturated carbocycles. The van der Waals surface area contributed by atoms with Gasteiger partial charge in [0, 0.05) is 26.1 Å². The van der Waals surface area contributed by atoms with Crippen molar-refractivity contribution in [2.75, 3.05) is 26.8 Å². The summed E-state index contributed by atoms with van der Waals surface area (Å²) in [6.07, 6.45) is 0.695. The third-order valence-electron chi connectivity index (χ3n) is 3.09. The summed E-state index contributed by atoms with van der Waals surface area (Å²) in [7, 11) is 1.70. The van der Waals surface area contributed by atoms with Crippen molar-refractivity contribution in [1.82, 2.24) is 4.90 Å². The predicted molar refractivity (Wildman–Crippen MR) is 61.0 cm³/mol. The number of hydrogen-bond acceptors (Lipinski definition) is 2. The van der Waals surface area contributed by atoms with Crippen LogP contribution in [-0.4, -0.2) is 43.0 Å². The highest BCUT2D eigenvalue weighted by Gasteiger charge is 2.34. The molecule has 0 unspecified atom stereocenters. The molecule has 0 spiro atoms. The topological polar surface area (TPSA) is 29.5 Å². The van der Waals surface area contributed by atoms with Gasteiger partial charge in [-0.1, -0.05) is 13.8 Å². The lowest BCUT2D eigenvalue weighted by Crippen LogP contribution is -2.35. The average Bonchev–Trinajstić information content (AvgIpc) is 2.59. The second-order valence-electron chi connectivity index (χ2n) is 4.31. The molecule has 1 aliphatic rings. The van der Waals surface area contributed by atoms with Crippen LogP contribution >= 0.6 is 11.6 Å². The van der Waals surface area contributed by atoms with E-state index in [9.17, 15) is 4.79 Å². The van der Waals surface area contributed by atoms with E-state index >= 15 is 0 Å². The number of amides is 1. The SMILES string of the molecule is CC[C@H](Cl)C(=O)N1C[C@@H](COC)[C@H](C)C1. The molecule has 15 heavy (non-hydrogen) atoms. The van der Waals surface area contributed by atoms with Crippen molar-refractivity contribution in [3.05, 3.63) is 0 Å². The number of likely N-dealkylation sites (tertiary alicyclic amines) is 1. The van der Waals surface area contributed by atoms with E-state index in [-0.39, 0.29) is 11.3 Å². The Labute approximate surface area is 96.7 Å². The van der Waals surface area contributed by atoms with Crippen LogP contribution in [-0.2, 0) is 9.53 Å². The van der Waals surface area contributed by atoms with Crippen molar-refractivity contribution in [2.45, 2.75) is 25.6 Å². The van der Waals surface area contributed by atoms with Gasteiger partial charge in [-0.05, 0) is 12.3 Å². The zero-order valence-electron chi connectivity index (χ0n) is 9.70. The number of nitrogens with zero attached hydrogens (tertiary/aromatic N) is 1. The van der Waals surface area contributed by atoms with Crippen molar-refractivity contribution in [2.24, 2.45) is 11.8 Å². The van der Waals surface area contributed by atoms with Gasteiger partial charge in [-0.25, -0.2) is 0 Å². The first-order chi connectivity index (χ1) is 7.10. The number of carbonyl (C=O) groups excluding carboxylic acids is 1. The second kappa shape index (κ2) is 5.71. The zero-order chi connectivity index (χ0) is 11.4. The van der Waals surface area contributed by atoms with Gasteiger partial charge in [-0.15, -0.1) is 11.6 Å². The third kappa shape index (κ3) is 3.08. The molecule has 0 aromatic heterocycles. The van der Waals surface area contributed by atoms with Crippen LogP contribution in [0.15, 0.2) is 0 Å². The summed E-state index contributed by atoms with van der Waals surface area (Å²) in [4.78, 5) is 13.7. The van der Waals surface area contributed by atoms with Crippen LogP contribution < -0.4 is 0 Å². The van der Waals surface area contributed by atoms with E-state index in [2.05, 4.69) is 6.92 Å². The summed E-state index contributed by atoms with van der Waals surface area (Å²) < 4.78 is 5.14. The molecule has 0 aliphatic carbocycles. The molecular formula is C11H20ClNO2. The van der Waals surface area contributed by atoms with Crippen molar-refractivity contribution in [3.63, 3.8) is 0 Å². The summed E-state index contributed by atoms with van der Waals surface area (Å²) in [6.45, 7) is 6.42. The number of halogens is 1. The molecule has 1 aliphatic heterocycles. The lowest BCUT2D eigenvalue weighted by atomic mass is 10.00. The van der Waals surface area contributed by atoms with Gasteiger partial charge in [0.2, 0.25) is 5.91 Å². The fourth-order valence-corrected chi connectivity index (χ4v) is 2.16. The zero-order valence-corrected chi connectivity index (χ0v) is 10.5. The van der Waals surface area contributed by atoms with Crippen molar-refractivity contribution in [3.8, 4) is 0 Å². The summed E-state index contributed by atoms with van der Waals surface area (Å²) in [5.74, 6) is 1.04. The van der Waals surface area contributed by atoms with Gasteiger partial charge in [0.05, 0.1) is 6.61 Å². The van der Waals surface area contributed by atoms with E-state index in [1.807, 2.05) is 11.8 Å². The summed E-state index contributed by atoms with van der Waals surface area (Å²) >= 11 is 5.95. The van der Waals surface area contributed by atoms with Crippen LogP contribution in [0.1, 0.15) is 20.3 Å². The highest BCUT2D eigenvalue weighted by Crippen LogP contribution is 2.24. The monoisotopic (exact) mass is 233 g/mol. The molecule has 88 valence electrons. The van der Waals surface area contributed by atoms with E-state index < -0.39 is 0 Å². The molecule has 1 fully saturated rings. The Bertz CT molecular complexity index is 223. The van der Waals surface area contributed by atoms with E-state index in [4.69, 9.17) is 16.3 Å². The van der Waals surface area contributed by atoms with E-state index in [0.717, 1.165) is 19.7 Å². The molecule has 0 radical (unpaired) electrons. The minimum absolute atomic E-state index is 0.0737. The first-order valence-corrected chi connectivity index (χ1v) is 5.95. The van der Waals surface area contributed by atoms with Gasteiger partial charge >= 0.3 is 0 Å². The number of methoxy groups -OCH3 is 1. The lowest BCUT2D eigenvalue weighted by Gasteiger charge is -2.18. The normalized spacial score (nSPS) is 28.1. The van der Waals surface area contributed by atoms with Crippen LogP contribution in [0, 0.1) is 11.8 Å². The van der Waals surface area contributed by atoms with Gasteiger partial charge in [-0.3, -0.25) is 4.79 Å². The van der Waals surface area contributed by atoms with Gasteiger partial charge < -0.3 is 9.64 Å². The number of alkyl halides is 1. The maximum Gasteiger partial charge on any atom is 0.240 e. The smallest absolute Gasteiger partial charge is 0.240 e. The van der Waals surface area contributed by atoms with E-state index in [1.54, 1.807) is 7.11 Å². The minimum Gasteiger partial charge on any atom is -0.384 e. The fourth-order valence-electron chi connectivity index (χ4n) is 2.02. The maximum absolute atomic E-state index is 11.8. The van der Waals surface area contributed by atoms with Crippen LogP contribution in [0.3, 0.4) is 0 Å². The summed E-state index contributed by atoms with van der Waals surface area (Å²) in [5.41, 5.74) is 0. The Morgan fingerprint density at radius 2 is 2.27 bits per heavy atom. The molecule has 4 heteroatoms. The molecule has 1 amide bonds. The van der Waals surface area contributed by atoms with Crippen LogP contribution in [0.25, 0.3) is 0 Å². The number of carbonyl (C=O) groups is 1. The van der Waals surface area contributed by atoms with Gasteiger partial charge in [0.15, 0.2) is 0 Å². The largest absolute Gasteiger partial charge is 0.384 e. The molecule has 1 rings (SSSR count). The Kier molecular flexibility index (Phi) is 4.87. The number of rotatable bonds is 4. The summed E-state index contributed by atoms with van der Waals surface area (Å²) in [6, 6.07) is 0. The molecule has 0 N–H and O–H groups in total. The van der Waals surface area contributed by atoms with Crippen molar-refractivity contribution in [1.29, 1.82) is 0 Å². The molecule has 0 aromatic rings. The standard InChI is InChI=1S/C11H20ClNO2/c1-4-10(12)11(14)13-5-8(2)9(6-13)7-15-3/h8-10H,4-7H2,1-3H3/t8-,9+,10+/m1/s1. The molecule has 1 heterocycles. The average molecular weight is 234 g/mol. The van der Waals surface area contributed by atoms with Gasteiger partial charge in [0.1, 0.15) is 5.38 Å². The highest BCUT2D eigenvalue weighted by atomic mass is 35.5. The van der Waals surface area contributed by atoms with Crippen LogP contribution in [0.4, 0.5) is 0 Å². The van der Waals surface area contributed by atoms with E-state index in [1.165, 1.54) is 0 Å². The molecule has 0 bridgehead atoms. The first-order valence-electron chi connectivity index (χ1n) is 5.51. The molecular weight excluding hydrogens is 214 g/mol. The number of hydrogen-bond donors (Lipinski definition) is 0. The lowest BCUT2D eigenvalue weighted by molar-refractivity contribution is -0.130. The van der Waals surface area contributed by atoms with Crippen molar-refractivity contribution < 1.29 is 9.53 Å². The van der Waals surface area contributed by atoms with Crippen LogP contribution in [0.2, 0.25) is 0 Å². The molecule has 3 atom stereocenters. The first kappa shape index (κ1) is 12.8. The Morgan fingerprint density at radius 1 is 1.60 bits per heavy atom. The van der Waals surface area contributed by atoms with Gasteiger partial charge in [0.25, 0.3) is 0 Å². The Balaban J connectivity index is 2.50. The minimum atomic E-state index is -0.363. The third-order valence-corrected chi connectivity index (χ3v) is 3.58. The second-order valence-corrected chi connectivity index (χ2v) is 4.84. The van der Waals surface area contributed by atoms with Crippen molar-refractivity contribution >= 4 is 17.5 Å². The Hall–Kier alpha value is -0.280. The quantitative estimate of drug-likeness (QED) is 0.693. The fraction of sp³-hybridized carbons (Fsp3) is 0.909. The highest BCUT2D eigenvalue weighted by molar-refractivity contribution is 6.30. The Morgan fingerprint density at radius 3 is 2.80 bits per heavy atom. The molecule has 0 aromatic carbocycles.